The largest absolute Gasteiger partial charge is 0.495 e. The predicted molar refractivity (Wildman–Crippen MR) is 77.6 cm³/mol. The Morgan fingerprint density at radius 3 is 2.70 bits per heavy atom. The molecule has 1 aromatic rings. The van der Waals surface area contributed by atoms with Crippen LogP contribution in [0.3, 0.4) is 0 Å². The predicted octanol–water partition coefficient (Wildman–Crippen LogP) is 2.82. The van der Waals surface area contributed by atoms with E-state index in [4.69, 9.17) is 16.3 Å². The van der Waals surface area contributed by atoms with Crippen molar-refractivity contribution in [2.45, 2.75) is 36.6 Å². The highest BCUT2D eigenvalue weighted by molar-refractivity contribution is 7.89. The van der Waals surface area contributed by atoms with Crippen LogP contribution in [-0.2, 0) is 10.0 Å². The summed E-state index contributed by atoms with van der Waals surface area (Å²) in [6.07, 6.45) is 4.47. The van der Waals surface area contributed by atoms with Gasteiger partial charge < -0.3 is 4.74 Å². The zero-order valence-electron chi connectivity index (χ0n) is 11.3. The Balaban J connectivity index is 1.86. The fraction of sp³-hybridized carbons (Fsp3) is 0.571. The second kappa shape index (κ2) is 5.20. The van der Waals surface area contributed by atoms with Crippen molar-refractivity contribution in [3.63, 3.8) is 0 Å². The van der Waals surface area contributed by atoms with Crippen LogP contribution in [0.2, 0.25) is 5.02 Å². The van der Waals surface area contributed by atoms with Gasteiger partial charge in [0.15, 0.2) is 0 Å². The summed E-state index contributed by atoms with van der Waals surface area (Å²) in [5.41, 5.74) is 0. The van der Waals surface area contributed by atoms with Gasteiger partial charge in [-0.1, -0.05) is 18.0 Å². The van der Waals surface area contributed by atoms with Gasteiger partial charge in [0.05, 0.1) is 7.11 Å². The highest BCUT2D eigenvalue weighted by atomic mass is 35.5. The van der Waals surface area contributed by atoms with Crippen molar-refractivity contribution in [3.8, 4) is 5.75 Å². The molecule has 0 spiro atoms. The van der Waals surface area contributed by atoms with Crippen LogP contribution in [-0.4, -0.2) is 21.6 Å². The number of halogens is 1. The summed E-state index contributed by atoms with van der Waals surface area (Å²) in [6.45, 7) is 0. The molecule has 1 N–H and O–H groups in total. The fourth-order valence-corrected chi connectivity index (χ4v) is 5.26. The normalized spacial score (nSPS) is 28.8. The maximum absolute atomic E-state index is 12.5. The fourth-order valence-electron chi connectivity index (χ4n) is 3.51. The molecule has 20 heavy (non-hydrogen) atoms. The Morgan fingerprint density at radius 1 is 1.30 bits per heavy atom. The summed E-state index contributed by atoms with van der Waals surface area (Å²) in [7, 11) is -2.13. The maximum Gasteiger partial charge on any atom is 0.244 e. The van der Waals surface area contributed by atoms with E-state index in [-0.39, 0.29) is 10.9 Å². The lowest BCUT2D eigenvalue weighted by Crippen LogP contribution is -2.38. The van der Waals surface area contributed by atoms with E-state index < -0.39 is 10.0 Å². The highest BCUT2D eigenvalue weighted by Crippen LogP contribution is 2.45. The molecular weight excluding hydrogens is 298 g/mol. The molecule has 2 saturated carbocycles. The van der Waals surface area contributed by atoms with Crippen molar-refractivity contribution < 1.29 is 13.2 Å². The summed E-state index contributed by atoms with van der Waals surface area (Å²) in [4.78, 5) is 0.121. The zero-order chi connectivity index (χ0) is 14.3. The topological polar surface area (TPSA) is 55.4 Å². The molecule has 0 heterocycles. The third-order valence-electron chi connectivity index (χ3n) is 4.46. The first kappa shape index (κ1) is 14.2. The average Bonchev–Trinajstić information content (AvgIpc) is 3.00. The molecule has 0 aliphatic heterocycles. The number of rotatable bonds is 4. The van der Waals surface area contributed by atoms with Crippen molar-refractivity contribution in [1.29, 1.82) is 0 Å². The van der Waals surface area contributed by atoms with E-state index in [1.165, 1.54) is 19.6 Å². The Bertz CT molecular complexity index is 617. The lowest BCUT2D eigenvalue weighted by molar-refractivity contribution is 0.385. The van der Waals surface area contributed by atoms with Crippen LogP contribution in [0.25, 0.3) is 0 Å². The van der Waals surface area contributed by atoms with Crippen LogP contribution in [0.4, 0.5) is 0 Å². The highest BCUT2D eigenvalue weighted by Gasteiger charge is 2.41. The van der Waals surface area contributed by atoms with E-state index in [9.17, 15) is 8.42 Å². The maximum atomic E-state index is 12.5. The molecule has 2 bridgehead atoms. The minimum absolute atomic E-state index is 0.0578. The van der Waals surface area contributed by atoms with Gasteiger partial charge in [-0.15, -0.1) is 0 Å². The molecule has 0 saturated heterocycles. The Kier molecular flexibility index (Phi) is 3.69. The van der Waals surface area contributed by atoms with Crippen LogP contribution < -0.4 is 9.46 Å². The van der Waals surface area contributed by atoms with Gasteiger partial charge in [-0.25, -0.2) is 13.1 Å². The molecule has 4 nitrogen and oxygen atoms in total. The molecule has 2 fully saturated rings. The number of hydrogen-bond donors (Lipinski definition) is 1. The standard InChI is InChI=1S/C14H18ClNO3S/c1-19-13-5-4-11(15)8-14(13)20(17,18)16-12-7-9-2-3-10(12)6-9/h4-5,8-10,12,16H,2-3,6-7H2,1H3/t9-,10-,12+/m1/s1. The summed E-state index contributed by atoms with van der Waals surface area (Å²) in [5.74, 6) is 1.50. The van der Waals surface area contributed by atoms with Gasteiger partial charge in [-0.2, -0.15) is 0 Å². The van der Waals surface area contributed by atoms with E-state index >= 15 is 0 Å². The molecule has 2 aliphatic rings. The van der Waals surface area contributed by atoms with E-state index in [0.717, 1.165) is 19.3 Å². The Morgan fingerprint density at radius 2 is 2.10 bits per heavy atom. The molecule has 6 heteroatoms. The second-order valence-electron chi connectivity index (χ2n) is 5.70. The molecule has 110 valence electrons. The van der Waals surface area contributed by atoms with E-state index in [0.29, 0.717) is 22.6 Å². The van der Waals surface area contributed by atoms with Crippen LogP contribution in [0, 0.1) is 11.8 Å². The number of benzene rings is 1. The lowest BCUT2D eigenvalue weighted by atomic mass is 9.96. The smallest absolute Gasteiger partial charge is 0.244 e. The van der Waals surface area contributed by atoms with Crippen LogP contribution in [0.15, 0.2) is 23.1 Å². The zero-order valence-corrected chi connectivity index (χ0v) is 12.9. The first-order valence-electron chi connectivity index (χ1n) is 6.85. The van der Waals surface area contributed by atoms with Crippen molar-refractivity contribution >= 4 is 21.6 Å². The number of nitrogens with one attached hydrogen (secondary N) is 1. The second-order valence-corrected chi connectivity index (χ2v) is 7.82. The first-order valence-corrected chi connectivity index (χ1v) is 8.71. The van der Waals surface area contributed by atoms with Crippen LogP contribution >= 0.6 is 11.6 Å². The first-order chi connectivity index (χ1) is 9.49. The Labute approximate surface area is 124 Å². The summed E-state index contributed by atoms with van der Waals surface area (Å²) >= 11 is 5.91. The van der Waals surface area contributed by atoms with Crippen LogP contribution in [0.5, 0.6) is 5.75 Å². The van der Waals surface area contributed by atoms with Gasteiger partial charge in [0.2, 0.25) is 10.0 Å². The molecule has 3 atom stereocenters. The van der Waals surface area contributed by atoms with E-state index in [2.05, 4.69) is 4.72 Å². The third kappa shape index (κ3) is 2.54. The number of methoxy groups -OCH3 is 1. The van der Waals surface area contributed by atoms with Gasteiger partial charge in [-0.05, 0) is 49.3 Å². The van der Waals surface area contributed by atoms with Gasteiger partial charge >= 0.3 is 0 Å². The van der Waals surface area contributed by atoms with Gasteiger partial charge in [-0.3, -0.25) is 0 Å². The van der Waals surface area contributed by atoms with E-state index in [1.54, 1.807) is 12.1 Å². The van der Waals surface area contributed by atoms with Crippen molar-refractivity contribution in [1.82, 2.24) is 4.72 Å². The molecule has 2 aliphatic carbocycles. The molecular formula is C14H18ClNO3S. The lowest BCUT2D eigenvalue weighted by Gasteiger charge is -2.23. The molecule has 3 rings (SSSR count). The number of fused-ring (bicyclic) bond motifs is 2. The number of sulfonamides is 1. The summed E-state index contributed by atoms with van der Waals surface area (Å²) in [6, 6.07) is 4.70. The number of hydrogen-bond acceptors (Lipinski definition) is 3. The van der Waals surface area contributed by atoms with Gasteiger partial charge in [0, 0.05) is 11.1 Å². The third-order valence-corrected chi connectivity index (χ3v) is 6.21. The van der Waals surface area contributed by atoms with Crippen LogP contribution in [0.1, 0.15) is 25.7 Å². The molecule has 0 radical (unpaired) electrons. The monoisotopic (exact) mass is 315 g/mol. The van der Waals surface area contributed by atoms with Crippen molar-refractivity contribution in [3.05, 3.63) is 23.2 Å². The molecule has 0 aromatic heterocycles. The van der Waals surface area contributed by atoms with Crippen molar-refractivity contribution in [2.24, 2.45) is 11.8 Å². The molecule has 0 amide bonds. The SMILES string of the molecule is COc1ccc(Cl)cc1S(=O)(=O)N[C@H]1C[C@@H]2CC[C@@H]1C2. The quantitative estimate of drug-likeness (QED) is 0.929. The Hall–Kier alpha value is -0.780. The number of ether oxygens (including phenoxy) is 1. The van der Waals surface area contributed by atoms with Gasteiger partial charge in [0.25, 0.3) is 0 Å². The summed E-state index contributed by atoms with van der Waals surface area (Å²) in [5, 5.41) is 0.388. The van der Waals surface area contributed by atoms with E-state index in [1.807, 2.05) is 0 Å². The molecule has 1 aromatic carbocycles. The summed E-state index contributed by atoms with van der Waals surface area (Å²) < 4.78 is 33.1. The minimum Gasteiger partial charge on any atom is -0.495 e. The van der Waals surface area contributed by atoms with Crippen molar-refractivity contribution in [2.75, 3.05) is 7.11 Å². The van der Waals surface area contributed by atoms with Gasteiger partial charge in [0.1, 0.15) is 10.6 Å². The molecule has 0 unspecified atom stereocenters. The average molecular weight is 316 g/mol. The minimum atomic E-state index is -3.59.